The van der Waals surface area contributed by atoms with Gasteiger partial charge in [0.15, 0.2) is 0 Å². The Morgan fingerprint density at radius 3 is 1.42 bits per heavy atom. The molecule has 0 aliphatic heterocycles. The molecule has 0 spiro atoms. The van der Waals surface area contributed by atoms with Gasteiger partial charge < -0.3 is 0 Å². The largest absolute Gasteiger partial charge is 0.265 e. The average molecular weight is 177 g/mol. The summed E-state index contributed by atoms with van der Waals surface area (Å²) in [6.07, 6.45) is 3.50. The fourth-order valence-electron chi connectivity index (χ4n) is 0.313. The van der Waals surface area contributed by atoms with Crippen molar-refractivity contribution < 1.29 is 0 Å². The first-order chi connectivity index (χ1) is 5.00. The van der Waals surface area contributed by atoms with Crippen LogP contribution < -0.4 is 0 Å². The first-order valence-corrected chi connectivity index (χ1v) is 4.22. The number of aromatic nitrogens is 1. The van der Waals surface area contributed by atoms with E-state index in [4.69, 9.17) is 0 Å². The Bertz CT molecular complexity index is 139. The van der Waals surface area contributed by atoms with E-state index >= 15 is 0 Å². The van der Waals surface area contributed by atoms with E-state index in [0.29, 0.717) is 5.16 Å². The van der Waals surface area contributed by atoms with Gasteiger partial charge in [-0.15, -0.1) is 9.24 Å². The van der Waals surface area contributed by atoms with Crippen molar-refractivity contribution in [2.24, 2.45) is 0 Å². The minimum absolute atomic E-state index is 0. The molecule has 1 atom stereocenters. The van der Waals surface area contributed by atoms with Crippen molar-refractivity contribution >= 4 is 28.1 Å². The molecule has 12 heavy (non-hydrogen) atoms. The van der Waals surface area contributed by atoms with Gasteiger partial charge in [-0.25, -0.2) is 0 Å². The maximum absolute atomic E-state index is 3.78. The molecular weight excluding hydrogens is 160 g/mol. The molecule has 1 unspecified atom stereocenters. The van der Waals surface area contributed by atoms with Crippen LogP contribution in [-0.2, 0) is 0 Å². The molecular formula is C9H17LiNP. The van der Waals surface area contributed by atoms with E-state index in [9.17, 15) is 0 Å². The van der Waals surface area contributed by atoms with Gasteiger partial charge in [-0.3, -0.25) is 4.98 Å². The SMILES string of the molecule is CC(C)(C)P.[LiH].c1ccncc1. The first kappa shape index (κ1) is 14.7. The van der Waals surface area contributed by atoms with E-state index in [1.54, 1.807) is 12.4 Å². The zero-order valence-corrected chi connectivity index (χ0v) is 8.57. The first-order valence-electron chi connectivity index (χ1n) is 3.64. The van der Waals surface area contributed by atoms with Gasteiger partial charge in [0.05, 0.1) is 0 Å². The van der Waals surface area contributed by atoms with E-state index < -0.39 is 0 Å². The van der Waals surface area contributed by atoms with Gasteiger partial charge >= 0.3 is 18.9 Å². The molecule has 0 bridgehead atoms. The predicted octanol–water partition coefficient (Wildman–Crippen LogP) is 2.09. The number of nitrogens with zero attached hydrogens (tertiary/aromatic N) is 1. The summed E-state index contributed by atoms with van der Waals surface area (Å²) in [6.45, 7) is 6.45. The van der Waals surface area contributed by atoms with Crippen LogP contribution in [0.3, 0.4) is 0 Å². The minimum Gasteiger partial charge on any atom is -0.265 e. The van der Waals surface area contributed by atoms with Gasteiger partial charge in [0, 0.05) is 12.4 Å². The van der Waals surface area contributed by atoms with Crippen LogP contribution in [0.2, 0.25) is 0 Å². The van der Waals surface area contributed by atoms with Crippen LogP contribution in [0.1, 0.15) is 20.8 Å². The fourth-order valence-corrected chi connectivity index (χ4v) is 0.313. The maximum Gasteiger partial charge on any atom is 0.0267 e. The normalized spacial score (nSPS) is 9.00. The molecule has 1 heterocycles. The molecule has 3 heteroatoms. The minimum atomic E-state index is 0. The Kier molecular flexibility index (Phi) is 9.56. The molecule has 0 radical (unpaired) electrons. The molecule has 1 aromatic heterocycles. The van der Waals surface area contributed by atoms with Gasteiger partial charge in [0.1, 0.15) is 0 Å². The second-order valence-corrected chi connectivity index (χ2v) is 5.12. The molecule has 0 aliphatic rings. The van der Waals surface area contributed by atoms with Crippen LogP contribution in [-0.4, -0.2) is 29.0 Å². The van der Waals surface area contributed by atoms with Gasteiger partial charge in [0.25, 0.3) is 0 Å². The summed E-state index contributed by atoms with van der Waals surface area (Å²) in [5.74, 6) is 0. The van der Waals surface area contributed by atoms with Gasteiger partial charge in [-0.05, 0) is 17.3 Å². The summed E-state index contributed by atoms with van der Waals surface area (Å²) in [5, 5.41) is 0.417. The van der Waals surface area contributed by atoms with Crippen molar-refractivity contribution in [1.82, 2.24) is 4.98 Å². The Balaban J connectivity index is 0. The molecule has 0 saturated carbocycles. The third kappa shape index (κ3) is 22.5. The van der Waals surface area contributed by atoms with Crippen LogP contribution in [0.5, 0.6) is 0 Å². The Hall–Kier alpha value is 0.177. The molecule has 0 saturated heterocycles. The molecule has 0 N–H and O–H groups in total. The Morgan fingerprint density at radius 1 is 1.00 bits per heavy atom. The summed E-state index contributed by atoms with van der Waals surface area (Å²) in [5.41, 5.74) is 0. The van der Waals surface area contributed by atoms with E-state index in [0.717, 1.165) is 0 Å². The molecule has 0 fully saturated rings. The summed E-state index contributed by atoms with van der Waals surface area (Å²) in [4.78, 5) is 3.78. The monoisotopic (exact) mass is 177 g/mol. The van der Waals surface area contributed by atoms with Crippen molar-refractivity contribution in [3.05, 3.63) is 30.6 Å². The third-order valence-corrected chi connectivity index (χ3v) is 0.566. The Labute approximate surface area is 89.7 Å². The molecule has 0 amide bonds. The topological polar surface area (TPSA) is 12.9 Å². The van der Waals surface area contributed by atoms with Crippen LogP contribution in [0, 0.1) is 0 Å². The van der Waals surface area contributed by atoms with Crippen molar-refractivity contribution in [1.29, 1.82) is 0 Å². The number of hydrogen-bond donors (Lipinski definition) is 0. The van der Waals surface area contributed by atoms with E-state index in [1.165, 1.54) is 0 Å². The van der Waals surface area contributed by atoms with Gasteiger partial charge in [-0.2, -0.15) is 0 Å². The molecule has 0 aliphatic carbocycles. The third-order valence-electron chi connectivity index (χ3n) is 0.566. The van der Waals surface area contributed by atoms with E-state index in [2.05, 4.69) is 35.0 Å². The van der Waals surface area contributed by atoms with Crippen LogP contribution >= 0.6 is 9.24 Å². The zero-order chi connectivity index (χ0) is 8.74. The second kappa shape index (κ2) is 7.81. The molecule has 1 aromatic rings. The number of hydrogen-bond acceptors (Lipinski definition) is 1. The van der Waals surface area contributed by atoms with Crippen LogP contribution in [0.25, 0.3) is 0 Å². The maximum atomic E-state index is 3.78. The number of pyridine rings is 1. The van der Waals surface area contributed by atoms with E-state index in [1.807, 2.05) is 18.2 Å². The van der Waals surface area contributed by atoms with Gasteiger partial charge in [-0.1, -0.05) is 26.8 Å². The van der Waals surface area contributed by atoms with E-state index in [-0.39, 0.29) is 18.9 Å². The fraction of sp³-hybridized carbons (Fsp3) is 0.444. The van der Waals surface area contributed by atoms with Crippen molar-refractivity contribution in [3.8, 4) is 0 Å². The Morgan fingerprint density at radius 2 is 1.33 bits per heavy atom. The van der Waals surface area contributed by atoms with Gasteiger partial charge in [0.2, 0.25) is 0 Å². The van der Waals surface area contributed by atoms with Crippen molar-refractivity contribution in [3.63, 3.8) is 0 Å². The summed E-state index contributed by atoms with van der Waals surface area (Å²) in [6, 6.07) is 5.72. The molecule has 1 nitrogen and oxygen atoms in total. The predicted molar refractivity (Wildman–Crippen MR) is 60.8 cm³/mol. The molecule has 1 rings (SSSR count). The summed E-state index contributed by atoms with van der Waals surface area (Å²) < 4.78 is 0. The second-order valence-electron chi connectivity index (χ2n) is 3.39. The quantitative estimate of drug-likeness (QED) is 0.436. The standard InChI is InChI=1S/C5H5N.C4H11P.Li.H/c1-2-4-6-5-3-1;1-4(2,3)5;;/h1-5H;5H2,1-3H3;;. The smallest absolute Gasteiger partial charge is 0.0267 e. The average Bonchev–Trinajstić information content (AvgIpc) is 1.88. The van der Waals surface area contributed by atoms with Crippen molar-refractivity contribution in [2.45, 2.75) is 25.9 Å². The van der Waals surface area contributed by atoms with Crippen molar-refractivity contribution in [2.75, 3.05) is 0 Å². The number of rotatable bonds is 0. The molecule has 64 valence electrons. The van der Waals surface area contributed by atoms with Crippen LogP contribution in [0.4, 0.5) is 0 Å². The van der Waals surface area contributed by atoms with Crippen LogP contribution in [0.15, 0.2) is 30.6 Å². The molecule has 0 aromatic carbocycles. The summed E-state index contributed by atoms with van der Waals surface area (Å²) in [7, 11) is 2.72. The summed E-state index contributed by atoms with van der Waals surface area (Å²) >= 11 is 0. The zero-order valence-electron chi connectivity index (χ0n) is 7.41.